The van der Waals surface area contributed by atoms with Crippen LogP contribution in [0.4, 0.5) is 4.39 Å². The van der Waals surface area contributed by atoms with Gasteiger partial charge in [-0.2, -0.15) is 0 Å². The van der Waals surface area contributed by atoms with Crippen LogP contribution in [0.25, 0.3) is 0 Å². The van der Waals surface area contributed by atoms with Crippen molar-refractivity contribution >= 4 is 34.2 Å². The number of dihydropyridines is 1. The molecule has 0 saturated heterocycles. The number of hydrogen-bond acceptors (Lipinski definition) is 5. The van der Waals surface area contributed by atoms with Crippen molar-refractivity contribution in [3.05, 3.63) is 79.5 Å². The van der Waals surface area contributed by atoms with Crippen LogP contribution < -0.4 is 14.8 Å². The van der Waals surface area contributed by atoms with Crippen LogP contribution in [0, 0.1) is 20.2 Å². The second kappa shape index (κ2) is 9.81. The first-order valence-electron chi connectivity index (χ1n) is 12.9. The Kier molecular flexibility index (Phi) is 6.95. The third-order valence-electron chi connectivity index (χ3n) is 7.58. The first-order valence-corrected chi connectivity index (χ1v) is 14.0. The van der Waals surface area contributed by atoms with Gasteiger partial charge in [0.2, 0.25) is 0 Å². The summed E-state index contributed by atoms with van der Waals surface area (Å²) in [5.74, 6) is 0.455. The molecule has 2 aromatic rings. The molecule has 0 atom stereocenters. The molecule has 0 aromatic heterocycles. The molecule has 0 saturated carbocycles. The zero-order valence-electron chi connectivity index (χ0n) is 22.5. The number of carbonyl (C=O) groups excluding carboxylic acids is 2. The van der Waals surface area contributed by atoms with E-state index in [0.717, 1.165) is 33.4 Å². The molecule has 0 spiro atoms. The van der Waals surface area contributed by atoms with Crippen LogP contribution in [-0.4, -0.2) is 18.7 Å². The highest BCUT2D eigenvalue weighted by atomic mass is 127. The van der Waals surface area contributed by atoms with Crippen LogP contribution in [0.5, 0.6) is 11.5 Å². The van der Waals surface area contributed by atoms with E-state index in [1.807, 2.05) is 12.1 Å². The number of nitrogens with one attached hydrogen (secondary N) is 1. The molecule has 1 aliphatic heterocycles. The van der Waals surface area contributed by atoms with Crippen LogP contribution in [0.3, 0.4) is 0 Å². The van der Waals surface area contributed by atoms with Gasteiger partial charge in [-0.25, -0.2) is 4.39 Å². The van der Waals surface area contributed by atoms with Gasteiger partial charge in [0, 0.05) is 41.3 Å². The smallest absolute Gasteiger partial charge is 0.174 e. The summed E-state index contributed by atoms with van der Waals surface area (Å²) in [6, 6.07) is 10.2. The third kappa shape index (κ3) is 5.14. The molecule has 1 N–H and O–H groups in total. The molecule has 0 unspecified atom stereocenters. The van der Waals surface area contributed by atoms with Gasteiger partial charge in [0.1, 0.15) is 12.4 Å². The highest BCUT2D eigenvalue weighted by Gasteiger charge is 2.46. The fourth-order valence-electron chi connectivity index (χ4n) is 6.05. The van der Waals surface area contributed by atoms with Crippen LogP contribution in [0.2, 0.25) is 0 Å². The van der Waals surface area contributed by atoms with Crippen LogP contribution in [-0.2, 0) is 16.2 Å². The standard InChI is InChI=1S/C31H33FINO4/c1-30(2)12-21-27(23(35)14-30)26(28-22(34-21)13-31(3,4)15-24(28)36)18-10-20(33)29(25(11-18)37-5)38-16-17-7-6-8-19(32)9-17/h6-11,26,34H,12-16H2,1-5H3. The summed E-state index contributed by atoms with van der Waals surface area (Å²) in [4.78, 5) is 27.2. The van der Waals surface area contributed by atoms with Gasteiger partial charge in [-0.3, -0.25) is 9.59 Å². The zero-order valence-corrected chi connectivity index (χ0v) is 24.6. The SMILES string of the molecule is COc1cc(C2C3=C(CC(C)(C)CC3=O)NC3=C2C(=O)CC(C)(C)C3)cc(I)c1OCc1cccc(F)c1. The van der Waals surface area contributed by atoms with Crippen LogP contribution in [0.1, 0.15) is 70.4 Å². The van der Waals surface area contributed by atoms with E-state index in [4.69, 9.17) is 9.47 Å². The lowest BCUT2D eigenvalue weighted by atomic mass is 9.64. The van der Waals surface area contributed by atoms with Gasteiger partial charge in [0.05, 0.1) is 10.7 Å². The summed E-state index contributed by atoms with van der Waals surface area (Å²) in [5.41, 5.74) is 4.50. The number of rotatable bonds is 5. The molecule has 2 aromatic carbocycles. The Morgan fingerprint density at radius 1 is 0.947 bits per heavy atom. The first-order chi connectivity index (χ1) is 17.9. The summed E-state index contributed by atoms with van der Waals surface area (Å²) in [6.07, 6.45) is 2.38. The van der Waals surface area contributed by atoms with Crippen molar-refractivity contribution in [2.24, 2.45) is 10.8 Å². The molecular weight excluding hydrogens is 596 g/mol. The maximum atomic E-state index is 13.7. The Bertz CT molecular complexity index is 1350. The van der Waals surface area contributed by atoms with Crippen molar-refractivity contribution in [1.82, 2.24) is 5.32 Å². The van der Waals surface area contributed by atoms with E-state index in [0.29, 0.717) is 41.1 Å². The van der Waals surface area contributed by atoms with Crippen molar-refractivity contribution in [2.45, 2.75) is 65.9 Å². The van der Waals surface area contributed by atoms with Gasteiger partial charge in [-0.05, 0) is 81.7 Å². The summed E-state index contributed by atoms with van der Waals surface area (Å²) in [6.45, 7) is 8.64. The molecule has 1 heterocycles. The summed E-state index contributed by atoms with van der Waals surface area (Å²) < 4.78 is 26.3. The number of allylic oxidation sites excluding steroid dienone is 4. The van der Waals surface area contributed by atoms with Gasteiger partial charge in [0.25, 0.3) is 0 Å². The number of benzene rings is 2. The average Bonchev–Trinajstić information content (AvgIpc) is 2.80. The number of carbonyl (C=O) groups is 2. The third-order valence-corrected chi connectivity index (χ3v) is 8.38. The monoisotopic (exact) mass is 629 g/mol. The van der Waals surface area contributed by atoms with Gasteiger partial charge in [-0.15, -0.1) is 0 Å². The lowest BCUT2D eigenvalue weighted by Crippen LogP contribution is -2.42. The van der Waals surface area contributed by atoms with E-state index < -0.39 is 5.92 Å². The van der Waals surface area contributed by atoms with Crippen LogP contribution in [0.15, 0.2) is 58.9 Å². The Morgan fingerprint density at radius 3 is 2.11 bits per heavy atom. The Hall–Kier alpha value is -2.68. The number of Topliss-reactive ketones (excluding diaryl/α,β-unsaturated/α-hetero) is 2. The molecule has 2 aliphatic carbocycles. The minimum absolute atomic E-state index is 0.0818. The molecule has 0 radical (unpaired) electrons. The van der Waals surface area contributed by atoms with E-state index in [1.165, 1.54) is 12.1 Å². The topological polar surface area (TPSA) is 64.6 Å². The largest absolute Gasteiger partial charge is 0.493 e. The van der Waals surface area contributed by atoms with E-state index in [2.05, 4.69) is 55.6 Å². The number of ether oxygens (including phenoxy) is 2. The molecule has 5 nitrogen and oxygen atoms in total. The molecule has 0 amide bonds. The molecule has 7 heteroatoms. The van der Waals surface area contributed by atoms with Gasteiger partial charge >= 0.3 is 0 Å². The number of ketones is 2. The molecule has 0 fully saturated rings. The highest BCUT2D eigenvalue weighted by molar-refractivity contribution is 14.1. The van der Waals surface area contributed by atoms with E-state index in [9.17, 15) is 14.0 Å². The molecule has 0 bridgehead atoms. The minimum Gasteiger partial charge on any atom is -0.493 e. The van der Waals surface area contributed by atoms with Crippen LogP contribution >= 0.6 is 22.6 Å². The maximum absolute atomic E-state index is 13.7. The fourth-order valence-corrected chi connectivity index (χ4v) is 6.83. The maximum Gasteiger partial charge on any atom is 0.174 e. The Labute approximate surface area is 237 Å². The van der Waals surface area contributed by atoms with E-state index >= 15 is 0 Å². The number of hydrogen-bond donors (Lipinski definition) is 1. The van der Waals surface area contributed by atoms with Gasteiger partial charge < -0.3 is 14.8 Å². The lowest BCUT2D eigenvalue weighted by Gasteiger charge is -2.44. The second-order valence-corrected chi connectivity index (χ2v) is 13.3. The number of halogens is 2. The number of methoxy groups -OCH3 is 1. The summed E-state index contributed by atoms with van der Waals surface area (Å²) in [5, 5.41) is 3.56. The Balaban J connectivity index is 1.60. The fraction of sp³-hybridized carbons (Fsp3) is 0.419. The van der Waals surface area contributed by atoms with E-state index in [-0.39, 0.29) is 34.8 Å². The predicted molar refractivity (Wildman–Crippen MR) is 152 cm³/mol. The normalized spacial score (nSPS) is 20.6. The average molecular weight is 630 g/mol. The van der Waals surface area contributed by atoms with Gasteiger partial charge in [0.15, 0.2) is 23.1 Å². The molecule has 5 rings (SSSR count). The lowest BCUT2D eigenvalue weighted by molar-refractivity contribution is -0.119. The summed E-state index contributed by atoms with van der Waals surface area (Å²) in [7, 11) is 1.57. The zero-order chi connectivity index (χ0) is 27.4. The van der Waals surface area contributed by atoms with Crippen molar-refractivity contribution in [3.8, 4) is 11.5 Å². The minimum atomic E-state index is -0.451. The van der Waals surface area contributed by atoms with Crippen molar-refractivity contribution < 1.29 is 23.5 Å². The first kappa shape index (κ1) is 26.9. The molecule has 200 valence electrons. The molecular formula is C31H33FINO4. The highest BCUT2D eigenvalue weighted by Crippen LogP contribution is 2.52. The molecule has 3 aliphatic rings. The summed E-state index contributed by atoms with van der Waals surface area (Å²) >= 11 is 2.20. The molecule has 38 heavy (non-hydrogen) atoms. The van der Waals surface area contributed by atoms with Crippen molar-refractivity contribution in [1.29, 1.82) is 0 Å². The Morgan fingerprint density at radius 2 is 1.55 bits per heavy atom. The van der Waals surface area contributed by atoms with Gasteiger partial charge in [-0.1, -0.05) is 39.8 Å². The quantitative estimate of drug-likeness (QED) is 0.362. The van der Waals surface area contributed by atoms with Crippen molar-refractivity contribution in [3.63, 3.8) is 0 Å². The van der Waals surface area contributed by atoms with Crippen molar-refractivity contribution in [2.75, 3.05) is 7.11 Å². The van der Waals surface area contributed by atoms with E-state index in [1.54, 1.807) is 19.2 Å². The predicted octanol–water partition coefficient (Wildman–Crippen LogP) is 6.99. The second-order valence-electron chi connectivity index (χ2n) is 12.2.